The average Bonchev–Trinajstić information content (AvgIpc) is 3.44. The van der Waals surface area contributed by atoms with Crippen molar-refractivity contribution in [2.24, 2.45) is 0 Å². The summed E-state index contributed by atoms with van der Waals surface area (Å²) in [5.74, 6) is 0.200. The predicted octanol–water partition coefficient (Wildman–Crippen LogP) is 2.00. The molecule has 0 bridgehead atoms. The van der Waals surface area contributed by atoms with Crippen LogP contribution in [0.1, 0.15) is 50.1 Å². The molecule has 1 aliphatic heterocycles. The van der Waals surface area contributed by atoms with Gasteiger partial charge in [0.05, 0.1) is 0 Å². The van der Waals surface area contributed by atoms with Crippen LogP contribution in [0.4, 0.5) is 0 Å². The molecule has 2 amide bonds. The summed E-state index contributed by atoms with van der Waals surface area (Å²) >= 11 is 0. The molecule has 1 aromatic rings. The lowest BCUT2D eigenvalue weighted by Gasteiger charge is -2.27. The normalized spacial score (nSPS) is 18.9. The molecule has 0 aromatic heterocycles. The van der Waals surface area contributed by atoms with E-state index in [2.05, 4.69) is 10.6 Å². The summed E-state index contributed by atoms with van der Waals surface area (Å²) in [5, 5.41) is 6.34. The number of nitrogens with zero attached hydrogens (tertiary/aromatic N) is 1. The Hall–Kier alpha value is -1.88. The molecule has 1 heterocycles. The molecule has 1 saturated heterocycles. The molecule has 1 aliphatic carbocycles. The molecule has 1 saturated carbocycles. The van der Waals surface area contributed by atoms with Gasteiger partial charge in [-0.25, -0.2) is 0 Å². The van der Waals surface area contributed by atoms with E-state index in [1.54, 1.807) is 0 Å². The number of rotatable bonds is 7. The first kappa shape index (κ1) is 17.0. The smallest absolute Gasteiger partial charge is 0.241 e. The van der Waals surface area contributed by atoms with E-state index in [9.17, 15) is 9.59 Å². The quantitative estimate of drug-likeness (QED) is 0.804. The van der Waals surface area contributed by atoms with Crippen LogP contribution in [0, 0.1) is 0 Å². The lowest BCUT2D eigenvalue weighted by molar-refractivity contribution is -0.132. The van der Waals surface area contributed by atoms with Crippen molar-refractivity contribution < 1.29 is 9.59 Å². The average molecular weight is 329 g/mol. The Balaban J connectivity index is 1.53. The highest BCUT2D eigenvalue weighted by Gasteiger charge is 2.28. The maximum Gasteiger partial charge on any atom is 0.241 e. The number of amides is 2. The molecule has 1 aromatic carbocycles. The highest BCUT2D eigenvalue weighted by molar-refractivity contribution is 5.84. The van der Waals surface area contributed by atoms with Gasteiger partial charge in [-0.1, -0.05) is 30.3 Å². The van der Waals surface area contributed by atoms with Crippen molar-refractivity contribution in [2.75, 3.05) is 19.6 Å². The first-order chi connectivity index (χ1) is 11.7. The van der Waals surface area contributed by atoms with E-state index in [4.69, 9.17) is 0 Å². The molecule has 0 spiro atoms. The first-order valence-electron chi connectivity index (χ1n) is 9.10. The Morgan fingerprint density at radius 3 is 2.46 bits per heavy atom. The third-order valence-electron chi connectivity index (χ3n) is 4.71. The zero-order chi connectivity index (χ0) is 16.8. The molecular weight excluding hydrogens is 302 g/mol. The number of benzene rings is 1. The van der Waals surface area contributed by atoms with E-state index in [0.29, 0.717) is 19.0 Å². The van der Waals surface area contributed by atoms with Gasteiger partial charge in [0.25, 0.3) is 0 Å². The fourth-order valence-corrected chi connectivity index (χ4v) is 3.14. The summed E-state index contributed by atoms with van der Waals surface area (Å²) < 4.78 is 0. The number of hydrogen-bond donors (Lipinski definition) is 2. The summed E-state index contributed by atoms with van der Waals surface area (Å²) in [6.07, 6.45) is 6.02. The van der Waals surface area contributed by atoms with Crippen LogP contribution in [0.2, 0.25) is 0 Å². The molecular formula is C19H27N3O2. The summed E-state index contributed by atoms with van der Waals surface area (Å²) in [5.41, 5.74) is 0.945. The van der Waals surface area contributed by atoms with Gasteiger partial charge in [0, 0.05) is 32.1 Å². The Kier molecular flexibility index (Phi) is 5.86. The van der Waals surface area contributed by atoms with Gasteiger partial charge < -0.3 is 15.5 Å². The molecule has 0 unspecified atom stereocenters. The minimum absolute atomic E-state index is 0.00845. The van der Waals surface area contributed by atoms with E-state index >= 15 is 0 Å². The molecule has 2 N–H and O–H groups in total. The summed E-state index contributed by atoms with van der Waals surface area (Å²) in [4.78, 5) is 26.7. The zero-order valence-electron chi connectivity index (χ0n) is 14.2. The molecule has 5 nitrogen and oxygen atoms in total. The molecule has 2 aliphatic rings. The number of hydrogen-bond acceptors (Lipinski definition) is 3. The SMILES string of the molecule is O=C(NC1CC1)[C@H](NCCC(=O)N1CCCCC1)c1ccccc1. The van der Waals surface area contributed by atoms with Crippen LogP contribution in [0.3, 0.4) is 0 Å². The number of piperidine rings is 1. The van der Waals surface area contributed by atoms with Gasteiger partial charge in [-0.15, -0.1) is 0 Å². The van der Waals surface area contributed by atoms with E-state index in [1.807, 2.05) is 35.2 Å². The molecule has 3 rings (SSSR count). The predicted molar refractivity (Wildman–Crippen MR) is 93.4 cm³/mol. The van der Waals surface area contributed by atoms with Crippen LogP contribution in [0.5, 0.6) is 0 Å². The van der Waals surface area contributed by atoms with Gasteiger partial charge in [-0.2, -0.15) is 0 Å². The third kappa shape index (κ3) is 4.81. The van der Waals surface area contributed by atoms with Crippen molar-refractivity contribution in [1.82, 2.24) is 15.5 Å². The Bertz CT molecular complexity index is 551. The van der Waals surface area contributed by atoms with Crippen molar-refractivity contribution in [3.8, 4) is 0 Å². The highest BCUT2D eigenvalue weighted by Crippen LogP contribution is 2.21. The second kappa shape index (κ2) is 8.29. The lowest BCUT2D eigenvalue weighted by Crippen LogP contribution is -2.41. The van der Waals surface area contributed by atoms with Crippen molar-refractivity contribution in [2.45, 2.75) is 50.6 Å². The number of nitrogens with one attached hydrogen (secondary N) is 2. The van der Waals surface area contributed by atoms with Gasteiger partial charge in [0.15, 0.2) is 0 Å². The highest BCUT2D eigenvalue weighted by atomic mass is 16.2. The van der Waals surface area contributed by atoms with Crippen LogP contribution in [0.15, 0.2) is 30.3 Å². The van der Waals surface area contributed by atoms with Gasteiger partial charge in [-0.3, -0.25) is 9.59 Å². The number of carbonyl (C=O) groups is 2. The second-order valence-electron chi connectivity index (χ2n) is 6.77. The Morgan fingerprint density at radius 1 is 1.08 bits per heavy atom. The summed E-state index contributed by atoms with van der Waals surface area (Å²) in [6.45, 7) is 2.28. The van der Waals surface area contributed by atoms with Gasteiger partial charge in [0.1, 0.15) is 6.04 Å². The lowest BCUT2D eigenvalue weighted by atomic mass is 10.1. The van der Waals surface area contributed by atoms with Crippen molar-refractivity contribution in [3.63, 3.8) is 0 Å². The minimum atomic E-state index is -0.388. The Labute approximate surface area is 143 Å². The standard InChI is InChI=1S/C19H27N3O2/c23-17(22-13-5-2-6-14-22)11-12-20-18(15-7-3-1-4-8-15)19(24)21-16-9-10-16/h1,3-4,7-8,16,18,20H,2,5-6,9-14H2,(H,21,24)/t18-/m1/s1. The van der Waals surface area contributed by atoms with E-state index in [1.165, 1.54) is 6.42 Å². The number of likely N-dealkylation sites (tertiary alicyclic amines) is 1. The minimum Gasteiger partial charge on any atom is -0.352 e. The van der Waals surface area contributed by atoms with Crippen molar-refractivity contribution >= 4 is 11.8 Å². The molecule has 2 fully saturated rings. The van der Waals surface area contributed by atoms with E-state index < -0.39 is 0 Å². The van der Waals surface area contributed by atoms with Crippen LogP contribution >= 0.6 is 0 Å². The Morgan fingerprint density at radius 2 is 1.79 bits per heavy atom. The van der Waals surface area contributed by atoms with Crippen LogP contribution < -0.4 is 10.6 Å². The second-order valence-corrected chi connectivity index (χ2v) is 6.77. The first-order valence-corrected chi connectivity index (χ1v) is 9.10. The van der Waals surface area contributed by atoms with Crippen LogP contribution in [-0.2, 0) is 9.59 Å². The zero-order valence-corrected chi connectivity index (χ0v) is 14.2. The maximum atomic E-state index is 12.5. The summed E-state index contributed by atoms with van der Waals surface area (Å²) in [7, 11) is 0. The fourth-order valence-electron chi connectivity index (χ4n) is 3.14. The molecule has 24 heavy (non-hydrogen) atoms. The fraction of sp³-hybridized carbons (Fsp3) is 0.579. The molecule has 1 atom stereocenters. The van der Waals surface area contributed by atoms with Crippen molar-refractivity contribution in [3.05, 3.63) is 35.9 Å². The van der Waals surface area contributed by atoms with Gasteiger partial charge >= 0.3 is 0 Å². The van der Waals surface area contributed by atoms with Gasteiger partial charge in [0.2, 0.25) is 11.8 Å². The van der Waals surface area contributed by atoms with Crippen LogP contribution in [0.25, 0.3) is 0 Å². The van der Waals surface area contributed by atoms with E-state index in [0.717, 1.165) is 44.3 Å². The van der Waals surface area contributed by atoms with Crippen LogP contribution in [-0.4, -0.2) is 42.4 Å². The topological polar surface area (TPSA) is 61.4 Å². The van der Waals surface area contributed by atoms with Gasteiger partial charge in [-0.05, 0) is 37.7 Å². The molecule has 5 heteroatoms. The molecule has 130 valence electrons. The summed E-state index contributed by atoms with van der Waals surface area (Å²) in [6, 6.07) is 9.67. The van der Waals surface area contributed by atoms with E-state index in [-0.39, 0.29) is 17.9 Å². The largest absolute Gasteiger partial charge is 0.352 e. The molecule has 0 radical (unpaired) electrons. The number of carbonyl (C=O) groups excluding carboxylic acids is 2. The third-order valence-corrected chi connectivity index (χ3v) is 4.71. The van der Waals surface area contributed by atoms with Crippen molar-refractivity contribution in [1.29, 1.82) is 0 Å². The monoisotopic (exact) mass is 329 g/mol. The maximum absolute atomic E-state index is 12.5.